The third kappa shape index (κ3) is 5.61. The normalized spacial score (nSPS) is 19.3. The van der Waals surface area contributed by atoms with Gasteiger partial charge >= 0.3 is 6.18 Å². The Kier molecular flexibility index (Phi) is 7.30. The molecule has 34 heavy (non-hydrogen) atoms. The van der Waals surface area contributed by atoms with Crippen LogP contribution in [0.15, 0.2) is 59.5 Å². The Morgan fingerprint density at radius 3 is 2.00 bits per heavy atom. The molecule has 184 valence electrons. The van der Waals surface area contributed by atoms with E-state index in [4.69, 9.17) is 0 Å². The molecular formula is C24H28F3N3O3S. The Morgan fingerprint density at radius 2 is 1.44 bits per heavy atom. The first-order valence-electron chi connectivity index (χ1n) is 11.4. The fourth-order valence-electron chi connectivity index (χ4n) is 4.53. The SMILES string of the molecule is O=C(C1CCN(S(=O)(=O)c2ccccc2)CC1)N1CCN(Cc2ccc(C(F)(F)F)cc2)CC1. The van der Waals surface area contributed by atoms with Gasteiger partial charge in [0.05, 0.1) is 10.5 Å². The van der Waals surface area contributed by atoms with E-state index in [9.17, 15) is 26.4 Å². The Morgan fingerprint density at radius 1 is 0.853 bits per heavy atom. The maximum Gasteiger partial charge on any atom is 0.416 e. The van der Waals surface area contributed by atoms with Gasteiger partial charge in [0.25, 0.3) is 0 Å². The van der Waals surface area contributed by atoms with E-state index < -0.39 is 21.8 Å². The lowest BCUT2D eigenvalue weighted by Gasteiger charge is -2.38. The molecule has 0 unspecified atom stereocenters. The van der Waals surface area contributed by atoms with Crippen molar-refractivity contribution < 1.29 is 26.4 Å². The highest BCUT2D eigenvalue weighted by Gasteiger charge is 2.35. The van der Waals surface area contributed by atoms with Crippen LogP contribution in [0.1, 0.15) is 24.0 Å². The van der Waals surface area contributed by atoms with E-state index in [1.807, 2.05) is 4.90 Å². The number of carbonyl (C=O) groups excluding carboxylic acids is 1. The highest BCUT2D eigenvalue weighted by molar-refractivity contribution is 7.89. The maximum atomic E-state index is 13.0. The minimum Gasteiger partial charge on any atom is -0.340 e. The number of piperazine rings is 1. The van der Waals surface area contributed by atoms with Crippen LogP contribution in [-0.4, -0.2) is 67.7 Å². The van der Waals surface area contributed by atoms with E-state index >= 15 is 0 Å². The van der Waals surface area contributed by atoms with Gasteiger partial charge < -0.3 is 4.90 Å². The average molecular weight is 496 g/mol. The van der Waals surface area contributed by atoms with E-state index in [-0.39, 0.29) is 16.7 Å². The lowest BCUT2D eigenvalue weighted by atomic mass is 9.96. The average Bonchev–Trinajstić information content (AvgIpc) is 2.84. The molecule has 0 aromatic heterocycles. The molecule has 0 bridgehead atoms. The summed E-state index contributed by atoms with van der Waals surface area (Å²) in [5.74, 6) is -0.130. The quantitative estimate of drug-likeness (QED) is 0.638. The number of carbonyl (C=O) groups is 1. The van der Waals surface area contributed by atoms with Crippen LogP contribution < -0.4 is 0 Å². The number of halogens is 3. The molecule has 2 aliphatic rings. The largest absolute Gasteiger partial charge is 0.416 e. The molecule has 0 aliphatic carbocycles. The maximum absolute atomic E-state index is 13.0. The van der Waals surface area contributed by atoms with Crippen molar-refractivity contribution in [2.45, 2.75) is 30.5 Å². The van der Waals surface area contributed by atoms with E-state index in [1.54, 1.807) is 30.3 Å². The van der Waals surface area contributed by atoms with Crippen LogP contribution in [0.5, 0.6) is 0 Å². The van der Waals surface area contributed by atoms with Crippen LogP contribution in [0.2, 0.25) is 0 Å². The molecule has 2 aliphatic heterocycles. The number of nitrogens with zero attached hydrogens (tertiary/aromatic N) is 3. The number of hydrogen-bond donors (Lipinski definition) is 0. The lowest BCUT2D eigenvalue weighted by Crippen LogP contribution is -2.51. The third-order valence-corrected chi connectivity index (χ3v) is 8.47. The van der Waals surface area contributed by atoms with E-state index in [0.29, 0.717) is 58.7 Å². The zero-order chi connectivity index (χ0) is 24.3. The molecule has 1 amide bonds. The molecule has 10 heteroatoms. The monoisotopic (exact) mass is 495 g/mol. The number of rotatable bonds is 5. The molecule has 2 aromatic carbocycles. The fourth-order valence-corrected chi connectivity index (χ4v) is 6.02. The van der Waals surface area contributed by atoms with Gasteiger partial charge in [-0.25, -0.2) is 8.42 Å². The van der Waals surface area contributed by atoms with E-state index in [0.717, 1.165) is 17.7 Å². The Labute approximate surface area is 198 Å². The summed E-state index contributed by atoms with van der Waals surface area (Å²) in [4.78, 5) is 17.2. The highest BCUT2D eigenvalue weighted by atomic mass is 32.2. The molecule has 4 rings (SSSR count). The summed E-state index contributed by atoms with van der Waals surface area (Å²) >= 11 is 0. The van der Waals surface area contributed by atoms with Gasteiger partial charge in [0.15, 0.2) is 0 Å². The molecule has 6 nitrogen and oxygen atoms in total. The Hall–Kier alpha value is -2.43. The van der Waals surface area contributed by atoms with Gasteiger partial charge in [-0.05, 0) is 42.7 Å². The first-order valence-corrected chi connectivity index (χ1v) is 12.8. The van der Waals surface area contributed by atoms with Crippen molar-refractivity contribution in [2.75, 3.05) is 39.3 Å². The van der Waals surface area contributed by atoms with Crippen LogP contribution in [0.4, 0.5) is 13.2 Å². The van der Waals surface area contributed by atoms with Crippen molar-refractivity contribution in [1.82, 2.24) is 14.1 Å². The molecular weight excluding hydrogens is 467 g/mol. The second-order valence-corrected chi connectivity index (χ2v) is 10.7. The standard InChI is InChI=1S/C24H28F3N3O3S/c25-24(26,27)21-8-6-19(7-9-21)18-28-14-16-29(17-15-28)23(31)20-10-12-30(13-11-20)34(32,33)22-4-2-1-3-5-22/h1-9,20H,10-18H2. The second-order valence-electron chi connectivity index (χ2n) is 8.79. The van der Waals surface area contributed by atoms with Crippen LogP contribution in [-0.2, 0) is 27.5 Å². The highest BCUT2D eigenvalue weighted by Crippen LogP contribution is 2.29. The molecule has 0 saturated carbocycles. The fraction of sp³-hybridized carbons (Fsp3) is 0.458. The molecule has 0 spiro atoms. The van der Waals surface area contributed by atoms with Gasteiger partial charge in [-0.1, -0.05) is 30.3 Å². The summed E-state index contributed by atoms with van der Waals surface area (Å²) in [6, 6.07) is 13.5. The third-order valence-electron chi connectivity index (χ3n) is 6.56. The van der Waals surface area contributed by atoms with Crippen molar-refractivity contribution in [2.24, 2.45) is 5.92 Å². The number of piperidine rings is 1. The van der Waals surface area contributed by atoms with Gasteiger partial charge in [0.2, 0.25) is 15.9 Å². The zero-order valence-electron chi connectivity index (χ0n) is 18.7. The van der Waals surface area contributed by atoms with E-state index in [2.05, 4.69) is 4.90 Å². The number of alkyl halides is 3. The number of hydrogen-bond acceptors (Lipinski definition) is 4. The van der Waals surface area contributed by atoms with Crippen molar-refractivity contribution in [1.29, 1.82) is 0 Å². The minimum atomic E-state index is -4.34. The molecule has 2 fully saturated rings. The predicted molar refractivity (Wildman–Crippen MR) is 121 cm³/mol. The number of amides is 1. The van der Waals surface area contributed by atoms with Gasteiger partial charge in [-0.3, -0.25) is 9.69 Å². The molecule has 0 N–H and O–H groups in total. The van der Waals surface area contributed by atoms with Gasteiger partial charge in [0, 0.05) is 51.7 Å². The van der Waals surface area contributed by atoms with Crippen LogP contribution in [0.3, 0.4) is 0 Å². The summed E-state index contributed by atoms with van der Waals surface area (Å²) in [7, 11) is -3.54. The second kappa shape index (κ2) is 10.1. The first-order chi connectivity index (χ1) is 16.1. The summed E-state index contributed by atoms with van der Waals surface area (Å²) in [5.41, 5.74) is 0.147. The molecule has 2 aromatic rings. The summed E-state index contributed by atoms with van der Waals surface area (Å²) in [6.07, 6.45) is -3.35. The summed E-state index contributed by atoms with van der Waals surface area (Å²) in [5, 5.41) is 0. The number of benzene rings is 2. The topological polar surface area (TPSA) is 60.9 Å². The molecule has 0 radical (unpaired) electrons. The van der Waals surface area contributed by atoms with Crippen LogP contribution >= 0.6 is 0 Å². The minimum absolute atomic E-state index is 0.0611. The van der Waals surface area contributed by atoms with Crippen molar-refractivity contribution in [3.63, 3.8) is 0 Å². The molecule has 0 atom stereocenters. The smallest absolute Gasteiger partial charge is 0.340 e. The van der Waals surface area contributed by atoms with Crippen molar-refractivity contribution in [3.8, 4) is 0 Å². The van der Waals surface area contributed by atoms with Crippen molar-refractivity contribution in [3.05, 3.63) is 65.7 Å². The Bertz CT molecular complexity index is 1080. The first kappa shape index (κ1) is 24.7. The van der Waals surface area contributed by atoms with Crippen LogP contribution in [0, 0.1) is 5.92 Å². The van der Waals surface area contributed by atoms with Crippen LogP contribution in [0.25, 0.3) is 0 Å². The summed E-state index contributed by atoms with van der Waals surface area (Å²) in [6.45, 7) is 3.59. The molecule has 2 heterocycles. The van der Waals surface area contributed by atoms with Crippen molar-refractivity contribution >= 4 is 15.9 Å². The van der Waals surface area contributed by atoms with E-state index in [1.165, 1.54) is 16.4 Å². The van der Waals surface area contributed by atoms with Gasteiger partial charge in [0.1, 0.15) is 0 Å². The van der Waals surface area contributed by atoms with Gasteiger partial charge in [-0.15, -0.1) is 0 Å². The lowest BCUT2D eigenvalue weighted by molar-refractivity contribution is -0.138. The summed E-state index contributed by atoms with van der Waals surface area (Å²) < 4.78 is 65.2. The number of sulfonamides is 1. The Balaban J connectivity index is 1.25. The zero-order valence-corrected chi connectivity index (χ0v) is 19.6. The molecule has 2 saturated heterocycles. The van der Waals surface area contributed by atoms with Gasteiger partial charge in [-0.2, -0.15) is 17.5 Å². The predicted octanol–water partition coefficient (Wildman–Crippen LogP) is 3.45.